The van der Waals surface area contributed by atoms with Crippen LogP contribution in [0, 0.1) is 5.92 Å². The standard InChI is InChI=1S/C25H24N2O3/c28-24-15-21(17-27(24)16-19-7-3-1-4-8-19)25(29)26-22-11-13-23(14-12-22)30-18-20-9-5-2-6-10-20/h1-14,21H,15-18H2,(H,26,29). The molecule has 5 nitrogen and oxygen atoms in total. The van der Waals surface area contributed by atoms with Gasteiger partial charge in [0.05, 0.1) is 5.92 Å². The molecule has 0 aliphatic carbocycles. The lowest BCUT2D eigenvalue weighted by Crippen LogP contribution is -2.28. The Kier molecular flexibility index (Phi) is 6.09. The van der Waals surface area contributed by atoms with Gasteiger partial charge in [0.1, 0.15) is 12.4 Å². The van der Waals surface area contributed by atoms with Crippen molar-refractivity contribution in [2.75, 3.05) is 11.9 Å². The molecule has 1 heterocycles. The largest absolute Gasteiger partial charge is 0.489 e. The molecule has 1 saturated heterocycles. The summed E-state index contributed by atoms with van der Waals surface area (Å²) < 4.78 is 5.77. The fourth-order valence-electron chi connectivity index (χ4n) is 3.52. The lowest BCUT2D eigenvalue weighted by Gasteiger charge is -2.16. The third-order valence-corrected chi connectivity index (χ3v) is 5.17. The molecule has 30 heavy (non-hydrogen) atoms. The minimum absolute atomic E-state index is 0.0173. The Balaban J connectivity index is 1.29. The summed E-state index contributed by atoms with van der Waals surface area (Å²) in [4.78, 5) is 26.7. The topological polar surface area (TPSA) is 58.6 Å². The predicted octanol–water partition coefficient (Wildman–Crippen LogP) is 4.25. The number of nitrogens with zero attached hydrogens (tertiary/aromatic N) is 1. The SMILES string of the molecule is O=C(Nc1ccc(OCc2ccccc2)cc1)C1CC(=O)N(Cc2ccccc2)C1. The number of carbonyl (C=O) groups is 2. The zero-order chi connectivity index (χ0) is 20.8. The van der Waals surface area contributed by atoms with Gasteiger partial charge in [-0.1, -0.05) is 60.7 Å². The van der Waals surface area contributed by atoms with Gasteiger partial charge in [-0.25, -0.2) is 0 Å². The Morgan fingerprint density at radius 3 is 2.20 bits per heavy atom. The van der Waals surface area contributed by atoms with Crippen LogP contribution in [0.5, 0.6) is 5.75 Å². The van der Waals surface area contributed by atoms with Gasteiger partial charge in [0.2, 0.25) is 11.8 Å². The van der Waals surface area contributed by atoms with Gasteiger partial charge >= 0.3 is 0 Å². The zero-order valence-corrected chi connectivity index (χ0v) is 16.7. The summed E-state index contributed by atoms with van der Waals surface area (Å²) in [6.45, 7) is 1.47. The van der Waals surface area contributed by atoms with Crippen molar-refractivity contribution in [3.05, 3.63) is 96.1 Å². The molecule has 0 radical (unpaired) electrons. The summed E-state index contributed by atoms with van der Waals surface area (Å²) in [7, 11) is 0. The number of likely N-dealkylation sites (tertiary alicyclic amines) is 1. The Bertz CT molecular complexity index is 988. The zero-order valence-electron chi connectivity index (χ0n) is 16.7. The second kappa shape index (κ2) is 9.27. The van der Waals surface area contributed by atoms with Crippen LogP contribution >= 0.6 is 0 Å². The summed E-state index contributed by atoms with van der Waals surface area (Å²) in [5, 5.41) is 2.92. The monoisotopic (exact) mass is 400 g/mol. The summed E-state index contributed by atoms with van der Waals surface area (Å²) in [5.41, 5.74) is 2.86. The van der Waals surface area contributed by atoms with Crippen molar-refractivity contribution in [2.24, 2.45) is 5.92 Å². The highest BCUT2D eigenvalue weighted by molar-refractivity contribution is 5.97. The van der Waals surface area contributed by atoms with Gasteiger partial charge in [-0.05, 0) is 35.4 Å². The van der Waals surface area contributed by atoms with E-state index in [2.05, 4.69) is 5.32 Å². The summed E-state index contributed by atoms with van der Waals surface area (Å²) >= 11 is 0. The molecule has 0 bridgehead atoms. The average molecular weight is 400 g/mol. The average Bonchev–Trinajstić information content (AvgIpc) is 3.15. The molecule has 0 spiro atoms. The molecular weight excluding hydrogens is 376 g/mol. The van der Waals surface area contributed by atoms with Gasteiger partial charge in [0.15, 0.2) is 0 Å². The van der Waals surface area contributed by atoms with Crippen LogP contribution < -0.4 is 10.1 Å². The molecule has 1 aliphatic heterocycles. The van der Waals surface area contributed by atoms with Gasteiger partial charge in [-0.15, -0.1) is 0 Å². The van der Waals surface area contributed by atoms with E-state index in [1.165, 1.54) is 0 Å². The molecule has 1 N–H and O–H groups in total. The Morgan fingerprint density at radius 1 is 0.900 bits per heavy atom. The number of rotatable bonds is 7. The quantitative estimate of drug-likeness (QED) is 0.645. The molecule has 152 valence electrons. The molecule has 0 aromatic heterocycles. The van der Waals surface area contributed by atoms with Gasteiger partial charge in [-0.2, -0.15) is 0 Å². The molecule has 3 aromatic rings. The summed E-state index contributed by atoms with van der Waals surface area (Å²) in [5.74, 6) is 0.290. The summed E-state index contributed by atoms with van der Waals surface area (Å²) in [6, 6.07) is 27.1. The minimum Gasteiger partial charge on any atom is -0.489 e. The molecule has 1 unspecified atom stereocenters. The fourth-order valence-corrected chi connectivity index (χ4v) is 3.52. The van der Waals surface area contributed by atoms with Crippen LogP contribution in [0.15, 0.2) is 84.9 Å². The Labute approximate surface area is 176 Å². The molecular formula is C25H24N2O3. The van der Waals surface area contributed by atoms with E-state index in [1.54, 1.807) is 4.90 Å². The van der Waals surface area contributed by atoms with E-state index in [1.807, 2.05) is 84.9 Å². The normalized spacial score (nSPS) is 15.8. The lowest BCUT2D eigenvalue weighted by atomic mass is 10.1. The smallest absolute Gasteiger partial charge is 0.229 e. The maximum atomic E-state index is 12.6. The van der Waals surface area contributed by atoms with E-state index >= 15 is 0 Å². The van der Waals surface area contributed by atoms with Crippen LogP contribution in [-0.4, -0.2) is 23.3 Å². The van der Waals surface area contributed by atoms with Crippen LogP contribution in [0.3, 0.4) is 0 Å². The molecule has 0 saturated carbocycles. The van der Waals surface area contributed by atoms with Crippen molar-refractivity contribution in [3.8, 4) is 5.75 Å². The first kappa shape index (κ1) is 19.7. The molecule has 4 rings (SSSR count). The number of ether oxygens (including phenoxy) is 1. The first-order chi connectivity index (χ1) is 14.7. The van der Waals surface area contributed by atoms with E-state index in [0.29, 0.717) is 25.4 Å². The number of hydrogen-bond donors (Lipinski definition) is 1. The lowest BCUT2D eigenvalue weighted by molar-refractivity contribution is -0.128. The first-order valence-corrected chi connectivity index (χ1v) is 10.1. The van der Waals surface area contributed by atoms with Crippen molar-refractivity contribution in [3.63, 3.8) is 0 Å². The van der Waals surface area contributed by atoms with Crippen LogP contribution in [0.4, 0.5) is 5.69 Å². The third-order valence-electron chi connectivity index (χ3n) is 5.17. The number of anilines is 1. The van der Waals surface area contributed by atoms with Crippen molar-refractivity contribution in [1.82, 2.24) is 4.90 Å². The Morgan fingerprint density at radius 2 is 1.53 bits per heavy atom. The molecule has 1 aliphatic rings. The van der Waals surface area contributed by atoms with E-state index in [-0.39, 0.29) is 24.2 Å². The van der Waals surface area contributed by atoms with Crippen molar-refractivity contribution >= 4 is 17.5 Å². The highest BCUT2D eigenvalue weighted by atomic mass is 16.5. The molecule has 1 fully saturated rings. The number of nitrogens with one attached hydrogen (secondary N) is 1. The van der Waals surface area contributed by atoms with E-state index in [4.69, 9.17) is 4.74 Å². The minimum atomic E-state index is -0.338. The third kappa shape index (κ3) is 5.06. The highest BCUT2D eigenvalue weighted by Crippen LogP contribution is 2.23. The molecule has 1 atom stereocenters. The van der Waals surface area contributed by atoms with Gasteiger partial charge in [-0.3, -0.25) is 9.59 Å². The van der Waals surface area contributed by atoms with E-state index in [0.717, 1.165) is 16.9 Å². The number of carbonyl (C=O) groups excluding carboxylic acids is 2. The maximum absolute atomic E-state index is 12.6. The molecule has 2 amide bonds. The van der Waals surface area contributed by atoms with E-state index < -0.39 is 0 Å². The molecule has 3 aromatic carbocycles. The second-order valence-corrected chi connectivity index (χ2v) is 7.45. The number of amides is 2. The van der Waals surface area contributed by atoms with Crippen molar-refractivity contribution in [1.29, 1.82) is 0 Å². The van der Waals surface area contributed by atoms with Gasteiger partial charge in [0, 0.05) is 25.2 Å². The van der Waals surface area contributed by atoms with Gasteiger partial charge < -0.3 is 15.0 Å². The van der Waals surface area contributed by atoms with Gasteiger partial charge in [0.25, 0.3) is 0 Å². The van der Waals surface area contributed by atoms with Crippen LogP contribution in [0.1, 0.15) is 17.5 Å². The van der Waals surface area contributed by atoms with Crippen LogP contribution in [0.2, 0.25) is 0 Å². The highest BCUT2D eigenvalue weighted by Gasteiger charge is 2.34. The van der Waals surface area contributed by atoms with Crippen molar-refractivity contribution in [2.45, 2.75) is 19.6 Å². The van der Waals surface area contributed by atoms with Crippen LogP contribution in [0.25, 0.3) is 0 Å². The number of hydrogen-bond acceptors (Lipinski definition) is 3. The summed E-state index contributed by atoms with van der Waals surface area (Å²) in [6.07, 6.45) is 0.247. The predicted molar refractivity (Wildman–Crippen MR) is 116 cm³/mol. The van der Waals surface area contributed by atoms with Crippen LogP contribution in [-0.2, 0) is 22.7 Å². The Hall–Kier alpha value is -3.60. The van der Waals surface area contributed by atoms with E-state index in [9.17, 15) is 9.59 Å². The second-order valence-electron chi connectivity index (χ2n) is 7.45. The number of benzene rings is 3. The first-order valence-electron chi connectivity index (χ1n) is 10.1. The maximum Gasteiger partial charge on any atom is 0.229 e. The van der Waals surface area contributed by atoms with Crippen molar-refractivity contribution < 1.29 is 14.3 Å². The molecule has 5 heteroatoms. The fraction of sp³-hybridized carbons (Fsp3) is 0.200.